The highest BCUT2D eigenvalue weighted by Gasteiger charge is 2.36. The van der Waals surface area contributed by atoms with Gasteiger partial charge in [-0.15, -0.1) is 11.8 Å². The van der Waals surface area contributed by atoms with E-state index in [2.05, 4.69) is 0 Å². The van der Waals surface area contributed by atoms with Crippen LogP contribution in [0.2, 0.25) is 0 Å². The van der Waals surface area contributed by atoms with Crippen molar-refractivity contribution >= 4 is 23.6 Å². The molecule has 2 aliphatic rings. The molecule has 1 aromatic carbocycles. The van der Waals surface area contributed by atoms with Crippen molar-refractivity contribution in [1.82, 2.24) is 9.80 Å². The number of carbonyl (C=O) groups excluding carboxylic acids is 2. The van der Waals surface area contributed by atoms with E-state index in [1.807, 2.05) is 41.8 Å². The van der Waals surface area contributed by atoms with E-state index >= 15 is 0 Å². The highest BCUT2D eigenvalue weighted by Crippen LogP contribution is 2.43. The summed E-state index contributed by atoms with van der Waals surface area (Å²) < 4.78 is 10.9. The first-order chi connectivity index (χ1) is 13.9. The minimum atomic E-state index is -0.0595. The van der Waals surface area contributed by atoms with Crippen LogP contribution < -0.4 is 14.4 Å². The molecule has 160 valence electrons. The van der Waals surface area contributed by atoms with Crippen molar-refractivity contribution in [2.24, 2.45) is 5.92 Å². The van der Waals surface area contributed by atoms with Crippen molar-refractivity contribution in [3.8, 4) is 11.5 Å². The lowest BCUT2D eigenvalue weighted by atomic mass is 10.1. The van der Waals surface area contributed by atoms with Gasteiger partial charge in [-0.1, -0.05) is 13.8 Å². The minimum Gasteiger partial charge on any atom is -0.497 e. The fourth-order valence-electron chi connectivity index (χ4n) is 3.92. The van der Waals surface area contributed by atoms with E-state index in [9.17, 15) is 9.59 Å². The Morgan fingerprint density at radius 2 is 1.97 bits per heavy atom. The summed E-state index contributed by atoms with van der Waals surface area (Å²) in [6, 6.07) is 5.73. The fraction of sp³-hybridized carbons (Fsp3) is 0.619. The van der Waals surface area contributed by atoms with Gasteiger partial charge in [-0.05, 0) is 18.2 Å². The number of thioether (sulfide) groups is 1. The molecule has 0 radical (unpaired) electrons. The number of hydrogen-bond acceptors (Lipinski definition) is 5. The molecule has 1 atom stereocenters. The Balaban J connectivity index is 1.62. The molecule has 2 amide bonds. The van der Waals surface area contributed by atoms with E-state index in [1.54, 1.807) is 26.0 Å². The number of nitrogens with zero attached hydrogens (tertiary/aromatic N) is 2. The van der Waals surface area contributed by atoms with Crippen LogP contribution in [-0.2, 0) is 9.59 Å². The highest BCUT2D eigenvalue weighted by atomic mass is 32.2. The Bertz CT molecular complexity index is 735. The number of quaternary nitrogens is 1. The lowest BCUT2D eigenvalue weighted by molar-refractivity contribution is -0.903. The first kappa shape index (κ1) is 21.8. The van der Waals surface area contributed by atoms with Gasteiger partial charge in [-0.3, -0.25) is 9.59 Å². The molecule has 0 bridgehead atoms. The molecule has 0 aliphatic carbocycles. The number of benzene rings is 1. The number of piperazine rings is 1. The van der Waals surface area contributed by atoms with Crippen molar-refractivity contribution in [3.05, 3.63) is 23.8 Å². The van der Waals surface area contributed by atoms with Gasteiger partial charge in [0.25, 0.3) is 0 Å². The van der Waals surface area contributed by atoms with Crippen molar-refractivity contribution in [2.45, 2.75) is 19.2 Å². The van der Waals surface area contributed by atoms with E-state index in [-0.39, 0.29) is 23.1 Å². The Kier molecular flexibility index (Phi) is 7.29. The lowest BCUT2D eigenvalue weighted by Gasteiger charge is -2.34. The molecule has 29 heavy (non-hydrogen) atoms. The maximum atomic E-state index is 12.6. The molecule has 1 N–H and O–H groups in total. The van der Waals surface area contributed by atoms with Gasteiger partial charge < -0.3 is 24.2 Å². The smallest absolute Gasteiger partial charge is 0.234 e. The van der Waals surface area contributed by atoms with Crippen LogP contribution in [0.3, 0.4) is 0 Å². The Morgan fingerprint density at radius 1 is 1.24 bits per heavy atom. The SMILES string of the molecule is COc1ccc(OC)c([C@H]2SCC(=O)N2CC[NH+]2CCN(C(=O)C(C)C)CC2)c1. The van der Waals surface area contributed by atoms with Gasteiger partial charge in [0.15, 0.2) is 0 Å². The number of nitrogens with one attached hydrogen (secondary N) is 1. The third-order valence-electron chi connectivity index (χ3n) is 5.65. The maximum Gasteiger partial charge on any atom is 0.234 e. The zero-order valence-corrected chi connectivity index (χ0v) is 18.6. The Labute approximate surface area is 177 Å². The van der Waals surface area contributed by atoms with Gasteiger partial charge in [0, 0.05) is 11.5 Å². The van der Waals surface area contributed by atoms with Gasteiger partial charge in [0.2, 0.25) is 11.8 Å². The van der Waals surface area contributed by atoms with E-state index in [0.717, 1.165) is 49.8 Å². The molecular formula is C21H32N3O4S+. The Hall–Kier alpha value is -1.93. The van der Waals surface area contributed by atoms with E-state index in [0.29, 0.717) is 12.3 Å². The summed E-state index contributed by atoms with van der Waals surface area (Å²) in [7, 11) is 3.29. The predicted octanol–water partition coefficient (Wildman–Crippen LogP) is 0.661. The van der Waals surface area contributed by atoms with Gasteiger partial charge >= 0.3 is 0 Å². The number of ether oxygens (including phenoxy) is 2. The van der Waals surface area contributed by atoms with Crippen molar-refractivity contribution < 1.29 is 24.0 Å². The molecule has 0 aromatic heterocycles. The standard InChI is InChI=1S/C21H31N3O4S/c1-15(2)20(26)23-10-7-22(8-11-23)9-12-24-19(25)14-29-21(24)17-13-16(27-3)5-6-18(17)28-4/h5-6,13,15,21H,7-12,14H2,1-4H3/p+1/t21-/m1/s1. The summed E-state index contributed by atoms with van der Waals surface area (Å²) >= 11 is 1.63. The molecule has 1 aromatic rings. The molecule has 0 unspecified atom stereocenters. The largest absolute Gasteiger partial charge is 0.497 e. The second-order valence-electron chi connectivity index (χ2n) is 7.84. The number of amides is 2. The van der Waals surface area contributed by atoms with Crippen molar-refractivity contribution in [3.63, 3.8) is 0 Å². The lowest BCUT2D eigenvalue weighted by Crippen LogP contribution is -3.15. The number of rotatable bonds is 7. The van der Waals surface area contributed by atoms with Gasteiger partial charge in [0.1, 0.15) is 16.9 Å². The van der Waals surface area contributed by atoms with Crippen LogP contribution in [0.1, 0.15) is 24.8 Å². The molecule has 8 heteroatoms. The summed E-state index contributed by atoms with van der Waals surface area (Å²) in [5.74, 6) is 2.47. The molecular weight excluding hydrogens is 390 g/mol. The Morgan fingerprint density at radius 3 is 2.59 bits per heavy atom. The second-order valence-corrected chi connectivity index (χ2v) is 8.91. The molecule has 3 rings (SSSR count). The van der Waals surface area contributed by atoms with Gasteiger partial charge in [-0.2, -0.15) is 0 Å². The van der Waals surface area contributed by atoms with Crippen LogP contribution in [0, 0.1) is 5.92 Å². The minimum absolute atomic E-state index is 0.0504. The summed E-state index contributed by atoms with van der Waals surface area (Å²) in [6.07, 6.45) is 0. The molecule has 0 spiro atoms. The second kappa shape index (κ2) is 9.71. The normalized spacial score (nSPS) is 20.4. The first-order valence-electron chi connectivity index (χ1n) is 10.2. The first-order valence-corrected chi connectivity index (χ1v) is 11.2. The molecule has 2 fully saturated rings. The maximum absolute atomic E-state index is 12.6. The fourth-order valence-corrected chi connectivity index (χ4v) is 5.16. The summed E-state index contributed by atoms with van der Waals surface area (Å²) in [6.45, 7) is 8.94. The third-order valence-corrected chi connectivity index (χ3v) is 6.89. The van der Waals surface area contributed by atoms with Crippen LogP contribution in [0.5, 0.6) is 11.5 Å². The number of methoxy groups -OCH3 is 2. The summed E-state index contributed by atoms with van der Waals surface area (Å²) in [4.78, 5) is 30.1. The van der Waals surface area contributed by atoms with Crippen molar-refractivity contribution in [2.75, 3.05) is 59.2 Å². The van der Waals surface area contributed by atoms with Crippen LogP contribution in [0.25, 0.3) is 0 Å². The highest BCUT2D eigenvalue weighted by molar-refractivity contribution is 8.00. The van der Waals surface area contributed by atoms with Crippen LogP contribution >= 0.6 is 11.8 Å². The number of hydrogen-bond donors (Lipinski definition) is 1. The molecule has 7 nitrogen and oxygen atoms in total. The van der Waals surface area contributed by atoms with Crippen LogP contribution in [0.4, 0.5) is 0 Å². The van der Waals surface area contributed by atoms with Crippen molar-refractivity contribution in [1.29, 1.82) is 0 Å². The molecule has 0 saturated carbocycles. The number of carbonyl (C=O) groups is 2. The molecule has 2 aliphatic heterocycles. The van der Waals surface area contributed by atoms with Crippen LogP contribution in [-0.4, -0.2) is 80.9 Å². The van der Waals surface area contributed by atoms with Crippen LogP contribution in [0.15, 0.2) is 18.2 Å². The van der Waals surface area contributed by atoms with E-state index in [4.69, 9.17) is 9.47 Å². The topological polar surface area (TPSA) is 63.5 Å². The van der Waals surface area contributed by atoms with Gasteiger partial charge in [0.05, 0.1) is 59.2 Å². The zero-order chi connectivity index (χ0) is 21.0. The molecule has 2 saturated heterocycles. The summed E-state index contributed by atoms with van der Waals surface area (Å²) in [5.41, 5.74) is 0.977. The monoisotopic (exact) mass is 422 g/mol. The zero-order valence-electron chi connectivity index (χ0n) is 17.8. The van der Waals surface area contributed by atoms with E-state index < -0.39 is 0 Å². The average molecular weight is 423 g/mol. The average Bonchev–Trinajstić information content (AvgIpc) is 3.11. The molecule has 2 heterocycles. The van der Waals surface area contributed by atoms with Gasteiger partial charge in [-0.25, -0.2) is 0 Å². The quantitative estimate of drug-likeness (QED) is 0.700. The third kappa shape index (κ3) is 4.98. The summed E-state index contributed by atoms with van der Waals surface area (Å²) in [5, 5.41) is -0.0595. The van der Waals surface area contributed by atoms with E-state index in [1.165, 1.54) is 4.90 Å². The predicted molar refractivity (Wildman–Crippen MR) is 113 cm³/mol.